The van der Waals surface area contributed by atoms with Crippen LogP contribution in [0.4, 0.5) is 0 Å². The van der Waals surface area contributed by atoms with Gasteiger partial charge in [-0.05, 0) is 31.2 Å². The van der Waals surface area contributed by atoms with Crippen LogP contribution in [-0.4, -0.2) is 43.7 Å². The number of hydrogen-bond donors (Lipinski definition) is 1. The van der Waals surface area contributed by atoms with Crippen molar-refractivity contribution in [3.05, 3.63) is 54.1 Å². The lowest BCUT2D eigenvalue weighted by molar-refractivity contribution is -0.160. The van der Waals surface area contributed by atoms with Crippen molar-refractivity contribution in [3.63, 3.8) is 0 Å². The minimum Gasteiger partial charge on any atom is -0.496 e. The predicted molar refractivity (Wildman–Crippen MR) is 97.4 cm³/mol. The highest BCUT2D eigenvalue weighted by molar-refractivity contribution is 6.06. The summed E-state index contributed by atoms with van der Waals surface area (Å²) in [6, 6.07) is 13.4. The quantitative estimate of drug-likeness (QED) is 0.782. The second-order valence-corrected chi connectivity index (χ2v) is 5.99. The fourth-order valence-electron chi connectivity index (χ4n) is 2.66. The van der Waals surface area contributed by atoms with Gasteiger partial charge in [-0.2, -0.15) is 0 Å². The van der Waals surface area contributed by atoms with Gasteiger partial charge in [-0.3, -0.25) is 14.9 Å². The third-order valence-corrected chi connectivity index (χ3v) is 4.02. The van der Waals surface area contributed by atoms with Gasteiger partial charge in [-0.25, -0.2) is 4.79 Å². The number of esters is 1. The molecule has 0 saturated heterocycles. The second kappa shape index (κ2) is 8.43. The van der Waals surface area contributed by atoms with Crippen molar-refractivity contribution in [2.24, 2.45) is 0 Å². The van der Waals surface area contributed by atoms with E-state index in [1.54, 1.807) is 49.4 Å². The summed E-state index contributed by atoms with van der Waals surface area (Å²) in [5.74, 6) is -0.920. The van der Waals surface area contributed by atoms with Crippen LogP contribution >= 0.6 is 0 Å². The van der Waals surface area contributed by atoms with Gasteiger partial charge < -0.3 is 18.9 Å². The van der Waals surface area contributed by atoms with E-state index in [4.69, 9.17) is 18.9 Å². The van der Waals surface area contributed by atoms with Crippen molar-refractivity contribution >= 4 is 17.8 Å². The number of imide groups is 1. The number of methoxy groups -OCH3 is 1. The maximum Gasteiger partial charge on any atom is 0.351 e. The molecule has 0 aliphatic carbocycles. The molecule has 0 bridgehead atoms. The molecule has 28 heavy (non-hydrogen) atoms. The molecule has 1 N–H and O–H groups in total. The van der Waals surface area contributed by atoms with Crippen molar-refractivity contribution in [1.82, 2.24) is 5.32 Å². The molecule has 0 radical (unpaired) electrons. The summed E-state index contributed by atoms with van der Waals surface area (Å²) in [6.45, 7) is 1.03. The largest absolute Gasteiger partial charge is 0.496 e. The van der Waals surface area contributed by atoms with Gasteiger partial charge in [0.05, 0.1) is 12.7 Å². The minimum atomic E-state index is -1.02. The Morgan fingerprint density at radius 1 is 1.00 bits per heavy atom. The van der Waals surface area contributed by atoms with E-state index in [9.17, 15) is 14.4 Å². The Hall–Kier alpha value is -3.55. The number of fused-ring (bicyclic) bond motifs is 1. The summed E-state index contributed by atoms with van der Waals surface area (Å²) in [5.41, 5.74) is 0.193. The molecule has 3 rings (SSSR count). The van der Waals surface area contributed by atoms with Gasteiger partial charge in [-0.1, -0.05) is 24.3 Å². The standard InChI is InChI=1S/C20H19NO7/c1-12-18(28-16-10-6-5-9-15(16)27-12)20(24)26-11-17(22)21-19(23)13-7-3-4-8-14(13)25-2/h3-10,12,18H,11H2,1-2H3,(H,21,22,23). The minimum absolute atomic E-state index is 0.193. The van der Waals surface area contributed by atoms with E-state index in [0.717, 1.165) is 0 Å². The van der Waals surface area contributed by atoms with Crippen molar-refractivity contribution in [1.29, 1.82) is 0 Å². The van der Waals surface area contributed by atoms with Crippen molar-refractivity contribution < 1.29 is 33.3 Å². The first-order valence-corrected chi connectivity index (χ1v) is 8.55. The zero-order chi connectivity index (χ0) is 20.1. The van der Waals surface area contributed by atoms with E-state index in [-0.39, 0.29) is 5.56 Å². The van der Waals surface area contributed by atoms with Crippen LogP contribution in [0.25, 0.3) is 0 Å². The normalized spacial score (nSPS) is 17.4. The molecule has 2 atom stereocenters. The number of amides is 2. The fraction of sp³-hybridized carbons (Fsp3) is 0.250. The molecule has 0 saturated carbocycles. The van der Waals surface area contributed by atoms with Gasteiger partial charge in [-0.15, -0.1) is 0 Å². The maximum atomic E-state index is 12.3. The van der Waals surface area contributed by atoms with E-state index in [0.29, 0.717) is 17.2 Å². The van der Waals surface area contributed by atoms with Gasteiger partial charge in [0.2, 0.25) is 6.10 Å². The first-order valence-electron chi connectivity index (χ1n) is 8.55. The summed E-state index contributed by atoms with van der Waals surface area (Å²) >= 11 is 0. The summed E-state index contributed by atoms with van der Waals surface area (Å²) in [7, 11) is 1.42. The average molecular weight is 385 g/mol. The van der Waals surface area contributed by atoms with Crippen LogP contribution in [0.5, 0.6) is 17.2 Å². The molecule has 0 spiro atoms. The van der Waals surface area contributed by atoms with E-state index >= 15 is 0 Å². The topological polar surface area (TPSA) is 100 Å². The van der Waals surface area contributed by atoms with Gasteiger partial charge in [0.25, 0.3) is 11.8 Å². The Labute approximate surface area is 161 Å². The SMILES string of the molecule is COc1ccccc1C(=O)NC(=O)COC(=O)C1Oc2ccccc2OC1C. The highest BCUT2D eigenvalue weighted by Gasteiger charge is 2.35. The monoisotopic (exact) mass is 385 g/mol. The second-order valence-electron chi connectivity index (χ2n) is 5.99. The number of carbonyl (C=O) groups excluding carboxylic acids is 3. The van der Waals surface area contributed by atoms with Crippen LogP contribution in [0, 0.1) is 0 Å². The van der Waals surface area contributed by atoms with Crippen LogP contribution in [0.2, 0.25) is 0 Å². The Morgan fingerprint density at radius 2 is 1.64 bits per heavy atom. The lowest BCUT2D eigenvalue weighted by Gasteiger charge is -2.30. The number of para-hydroxylation sites is 3. The van der Waals surface area contributed by atoms with E-state index < -0.39 is 36.6 Å². The van der Waals surface area contributed by atoms with E-state index in [2.05, 4.69) is 5.32 Å². The molecule has 2 aromatic carbocycles. The molecule has 1 aliphatic rings. The smallest absolute Gasteiger partial charge is 0.351 e. The van der Waals surface area contributed by atoms with Crippen LogP contribution in [-0.2, 0) is 14.3 Å². The zero-order valence-electron chi connectivity index (χ0n) is 15.3. The van der Waals surface area contributed by atoms with Crippen LogP contribution in [0.1, 0.15) is 17.3 Å². The van der Waals surface area contributed by atoms with Gasteiger partial charge in [0, 0.05) is 0 Å². The first-order chi connectivity index (χ1) is 13.5. The van der Waals surface area contributed by atoms with Crippen LogP contribution in [0.3, 0.4) is 0 Å². The van der Waals surface area contributed by atoms with Crippen molar-refractivity contribution in [3.8, 4) is 17.2 Å². The third-order valence-electron chi connectivity index (χ3n) is 4.02. The number of carbonyl (C=O) groups is 3. The molecule has 1 heterocycles. The lowest BCUT2D eigenvalue weighted by atomic mass is 10.2. The fourth-order valence-corrected chi connectivity index (χ4v) is 2.66. The Kier molecular flexibility index (Phi) is 5.78. The van der Waals surface area contributed by atoms with E-state index in [1.165, 1.54) is 13.2 Å². The van der Waals surface area contributed by atoms with Crippen molar-refractivity contribution in [2.75, 3.05) is 13.7 Å². The van der Waals surface area contributed by atoms with Gasteiger partial charge >= 0.3 is 5.97 Å². The average Bonchev–Trinajstić information content (AvgIpc) is 2.71. The molecule has 2 amide bonds. The summed E-state index contributed by atoms with van der Waals surface area (Å²) in [5, 5.41) is 2.15. The summed E-state index contributed by atoms with van der Waals surface area (Å²) in [4.78, 5) is 36.4. The Balaban J connectivity index is 1.54. The third kappa shape index (κ3) is 4.22. The lowest BCUT2D eigenvalue weighted by Crippen LogP contribution is -2.45. The summed E-state index contributed by atoms with van der Waals surface area (Å²) in [6.07, 6.45) is -1.62. The first kappa shape index (κ1) is 19.2. The molecule has 8 heteroatoms. The number of nitrogens with one attached hydrogen (secondary N) is 1. The molecule has 8 nitrogen and oxygen atoms in total. The van der Waals surface area contributed by atoms with Crippen LogP contribution in [0.15, 0.2) is 48.5 Å². The Bertz CT molecular complexity index is 896. The summed E-state index contributed by atoms with van der Waals surface area (Å²) < 4.78 is 21.3. The van der Waals surface area contributed by atoms with Gasteiger partial charge in [0.1, 0.15) is 11.9 Å². The molecule has 2 unspecified atom stereocenters. The zero-order valence-corrected chi connectivity index (χ0v) is 15.3. The van der Waals surface area contributed by atoms with Crippen LogP contribution < -0.4 is 19.5 Å². The molecule has 0 fully saturated rings. The van der Waals surface area contributed by atoms with Crippen molar-refractivity contribution in [2.45, 2.75) is 19.1 Å². The molecular weight excluding hydrogens is 366 g/mol. The number of rotatable bonds is 5. The predicted octanol–water partition coefficient (Wildman–Crippen LogP) is 1.72. The van der Waals surface area contributed by atoms with E-state index in [1.807, 2.05) is 0 Å². The number of ether oxygens (including phenoxy) is 4. The maximum absolute atomic E-state index is 12.3. The molecule has 1 aliphatic heterocycles. The van der Waals surface area contributed by atoms with Gasteiger partial charge in [0.15, 0.2) is 18.1 Å². The highest BCUT2D eigenvalue weighted by Crippen LogP contribution is 2.33. The number of benzene rings is 2. The Morgan fingerprint density at radius 3 is 2.36 bits per heavy atom. The molecule has 146 valence electrons. The molecular formula is C20H19NO7. The molecule has 0 aromatic heterocycles. The highest BCUT2D eigenvalue weighted by atomic mass is 16.6. The number of hydrogen-bond acceptors (Lipinski definition) is 7. The molecule has 2 aromatic rings.